The molecule has 1 aliphatic rings. The zero-order valence-electron chi connectivity index (χ0n) is 11.4. The number of hydrogen-bond donors (Lipinski definition) is 2. The second-order valence-electron chi connectivity index (χ2n) is 5.26. The van der Waals surface area contributed by atoms with Crippen molar-refractivity contribution in [3.8, 4) is 5.75 Å². The van der Waals surface area contributed by atoms with Crippen LogP contribution in [0.3, 0.4) is 0 Å². The van der Waals surface area contributed by atoms with Crippen LogP contribution in [-0.2, 0) is 4.79 Å². The number of hydrogen-bond acceptors (Lipinski definition) is 3. The van der Waals surface area contributed by atoms with Crippen molar-refractivity contribution in [2.24, 2.45) is 5.92 Å². The van der Waals surface area contributed by atoms with E-state index < -0.39 is 0 Å². The lowest BCUT2D eigenvalue weighted by Gasteiger charge is -2.20. The standard InChI is InChI=1S/C15H22N2O2/c1-11(12-5-2-3-6-12)17-15(18)10-19-14-8-4-7-13(16)9-14/h4,7-9,11-12H,2-3,5-6,10,16H2,1H3,(H,17,18). The van der Waals surface area contributed by atoms with Crippen molar-refractivity contribution in [3.05, 3.63) is 24.3 Å². The first kappa shape index (κ1) is 13.7. The summed E-state index contributed by atoms with van der Waals surface area (Å²) in [5.74, 6) is 1.18. The molecule has 0 aliphatic heterocycles. The normalized spacial score (nSPS) is 17.1. The molecule has 2 rings (SSSR count). The minimum absolute atomic E-state index is 0.0422. The quantitative estimate of drug-likeness (QED) is 0.801. The van der Waals surface area contributed by atoms with Crippen molar-refractivity contribution in [2.45, 2.75) is 38.6 Å². The largest absolute Gasteiger partial charge is 0.484 e. The molecular weight excluding hydrogens is 240 g/mol. The molecule has 3 N–H and O–H groups in total. The minimum atomic E-state index is -0.0678. The number of rotatable bonds is 5. The van der Waals surface area contributed by atoms with E-state index in [-0.39, 0.29) is 18.6 Å². The molecule has 4 heteroatoms. The van der Waals surface area contributed by atoms with Crippen LogP contribution in [0.2, 0.25) is 0 Å². The molecular formula is C15H22N2O2. The van der Waals surface area contributed by atoms with Crippen LogP contribution in [0.5, 0.6) is 5.75 Å². The van der Waals surface area contributed by atoms with E-state index in [0.29, 0.717) is 17.4 Å². The van der Waals surface area contributed by atoms with Crippen molar-refractivity contribution in [1.82, 2.24) is 5.32 Å². The molecule has 1 amide bonds. The highest BCUT2D eigenvalue weighted by atomic mass is 16.5. The SMILES string of the molecule is CC(NC(=O)COc1cccc(N)c1)C1CCCC1. The van der Waals surface area contributed by atoms with Crippen LogP contribution in [-0.4, -0.2) is 18.6 Å². The Morgan fingerprint density at radius 2 is 2.21 bits per heavy atom. The highest BCUT2D eigenvalue weighted by molar-refractivity contribution is 5.77. The van der Waals surface area contributed by atoms with Gasteiger partial charge in [0.1, 0.15) is 5.75 Å². The molecule has 1 aromatic rings. The molecule has 1 aromatic carbocycles. The Hall–Kier alpha value is -1.71. The van der Waals surface area contributed by atoms with Crippen molar-refractivity contribution in [3.63, 3.8) is 0 Å². The fraction of sp³-hybridized carbons (Fsp3) is 0.533. The van der Waals surface area contributed by atoms with Gasteiger partial charge >= 0.3 is 0 Å². The summed E-state index contributed by atoms with van der Waals surface area (Å²) >= 11 is 0. The van der Waals surface area contributed by atoms with E-state index in [4.69, 9.17) is 10.5 Å². The number of nitrogens with one attached hydrogen (secondary N) is 1. The van der Waals surface area contributed by atoms with E-state index in [9.17, 15) is 4.79 Å². The number of nitrogen functional groups attached to an aromatic ring is 1. The molecule has 0 saturated heterocycles. The van der Waals surface area contributed by atoms with Crippen LogP contribution in [0.4, 0.5) is 5.69 Å². The van der Waals surface area contributed by atoms with Gasteiger partial charge in [-0.05, 0) is 37.8 Å². The molecule has 1 saturated carbocycles. The van der Waals surface area contributed by atoms with E-state index in [1.165, 1.54) is 25.7 Å². The lowest BCUT2D eigenvalue weighted by Crippen LogP contribution is -2.39. The van der Waals surface area contributed by atoms with E-state index in [1.54, 1.807) is 18.2 Å². The fourth-order valence-corrected chi connectivity index (χ4v) is 2.62. The van der Waals surface area contributed by atoms with Gasteiger partial charge in [-0.3, -0.25) is 4.79 Å². The topological polar surface area (TPSA) is 64.3 Å². The highest BCUT2D eigenvalue weighted by Gasteiger charge is 2.22. The van der Waals surface area contributed by atoms with Gasteiger partial charge in [0, 0.05) is 17.8 Å². The van der Waals surface area contributed by atoms with Gasteiger partial charge < -0.3 is 15.8 Å². The van der Waals surface area contributed by atoms with Gasteiger partial charge in [0.05, 0.1) is 0 Å². The Balaban J connectivity index is 1.75. The molecule has 0 aromatic heterocycles. The molecule has 19 heavy (non-hydrogen) atoms. The second kappa shape index (κ2) is 6.45. The molecule has 0 heterocycles. The molecule has 1 unspecified atom stereocenters. The maximum absolute atomic E-state index is 11.8. The van der Waals surface area contributed by atoms with Gasteiger partial charge in [-0.25, -0.2) is 0 Å². The van der Waals surface area contributed by atoms with Gasteiger partial charge in [0.15, 0.2) is 6.61 Å². The summed E-state index contributed by atoms with van der Waals surface area (Å²) in [4.78, 5) is 11.8. The molecule has 0 radical (unpaired) electrons. The zero-order chi connectivity index (χ0) is 13.7. The van der Waals surface area contributed by atoms with Gasteiger partial charge in [-0.2, -0.15) is 0 Å². The van der Waals surface area contributed by atoms with Gasteiger partial charge in [0.25, 0.3) is 5.91 Å². The lowest BCUT2D eigenvalue weighted by molar-refractivity contribution is -0.124. The van der Waals surface area contributed by atoms with E-state index >= 15 is 0 Å². The zero-order valence-corrected chi connectivity index (χ0v) is 11.4. The molecule has 1 atom stereocenters. The van der Waals surface area contributed by atoms with Crippen LogP contribution in [0, 0.1) is 5.92 Å². The molecule has 1 aliphatic carbocycles. The fourth-order valence-electron chi connectivity index (χ4n) is 2.62. The Morgan fingerprint density at radius 3 is 2.89 bits per heavy atom. The third-order valence-corrected chi connectivity index (χ3v) is 3.72. The smallest absolute Gasteiger partial charge is 0.258 e. The van der Waals surface area contributed by atoms with Crippen LogP contribution >= 0.6 is 0 Å². The summed E-state index contributed by atoms with van der Waals surface area (Å²) in [7, 11) is 0. The van der Waals surface area contributed by atoms with Gasteiger partial charge in [-0.1, -0.05) is 18.9 Å². The molecule has 0 bridgehead atoms. The van der Waals surface area contributed by atoms with Crippen molar-refractivity contribution < 1.29 is 9.53 Å². The van der Waals surface area contributed by atoms with Crippen LogP contribution in [0.25, 0.3) is 0 Å². The number of benzene rings is 1. The molecule has 4 nitrogen and oxygen atoms in total. The maximum atomic E-state index is 11.8. The predicted molar refractivity (Wildman–Crippen MR) is 75.9 cm³/mol. The Kier molecular flexibility index (Phi) is 4.66. The third-order valence-electron chi connectivity index (χ3n) is 3.72. The summed E-state index contributed by atoms with van der Waals surface area (Å²) in [5.41, 5.74) is 6.28. The lowest BCUT2D eigenvalue weighted by atomic mass is 10.00. The van der Waals surface area contributed by atoms with Crippen LogP contribution < -0.4 is 15.8 Å². The van der Waals surface area contributed by atoms with Crippen molar-refractivity contribution in [2.75, 3.05) is 12.3 Å². The summed E-state index contributed by atoms with van der Waals surface area (Å²) in [5, 5.41) is 3.01. The molecule has 104 valence electrons. The first-order chi connectivity index (χ1) is 9.15. The first-order valence-corrected chi connectivity index (χ1v) is 6.93. The number of carbonyl (C=O) groups excluding carboxylic acids is 1. The third kappa shape index (κ3) is 4.16. The Labute approximate surface area is 114 Å². The van der Waals surface area contributed by atoms with Crippen LogP contribution in [0.1, 0.15) is 32.6 Å². The average Bonchev–Trinajstić information content (AvgIpc) is 2.90. The van der Waals surface area contributed by atoms with E-state index in [2.05, 4.69) is 12.2 Å². The summed E-state index contributed by atoms with van der Waals surface area (Å²) < 4.78 is 5.42. The Morgan fingerprint density at radius 1 is 1.47 bits per heavy atom. The molecule has 1 fully saturated rings. The number of nitrogens with two attached hydrogens (primary N) is 1. The van der Waals surface area contributed by atoms with E-state index in [0.717, 1.165) is 0 Å². The molecule has 0 spiro atoms. The Bertz CT molecular complexity index is 428. The van der Waals surface area contributed by atoms with Crippen molar-refractivity contribution >= 4 is 11.6 Å². The highest BCUT2D eigenvalue weighted by Crippen LogP contribution is 2.27. The van der Waals surface area contributed by atoms with Crippen molar-refractivity contribution in [1.29, 1.82) is 0 Å². The van der Waals surface area contributed by atoms with Gasteiger partial charge in [0.2, 0.25) is 0 Å². The summed E-state index contributed by atoms with van der Waals surface area (Å²) in [6.07, 6.45) is 5.00. The van der Waals surface area contributed by atoms with E-state index in [1.807, 2.05) is 6.07 Å². The second-order valence-corrected chi connectivity index (χ2v) is 5.26. The minimum Gasteiger partial charge on any atom is -0.484 e. The van der Waals surface area contributed by atoms with Crippen LogP contribution in [0.15, 0.2) is 24.3 Å². The number of ether oxygens (including phenoxy) is 1. The van der Waals surface area contributed by atoms with Gasteiger partial charge in [-0.15, -0.1) is 0 Å². The number of carbonyl (C=O) groups is 1. The number of anilines is 1. The predicted octanol–water partition coefficient (Wildman–Crippen LogP) is 2.34. The average molecular weight is 262 g/mol. The maximum Gasteiger partial charge on any atom is 0.258 e. The monoisotopic (exact) mass is 262 g/mol. The first-order valence-electron chi connectivity index (χ1n) is 6.93. The summed E-state index contributed by atoms with van der Waals surface area (Å²) in [6, 6.07) is 7.34. The number of amides is 1. The summed E-state index contributed by atoms with van der Waals surface area (Å²) in [6.45, 7) is 2.12.